The van der Waals surface area contributed by atoms with E-state index in [9.17, 15) is 4.39 Å². The average molecular weight is 416 g/mol. The second-order valence-corrected chi connectivity index (χ2v) is 6.93. The fourth-order valence-corrected chi connectivity index (χ4v) is 3.01. The summed E-state index contributed by atoms with van der Waals surface area (Å²) in [5.41, 5.74) is 0.850. The molecule has 0 radical (unpaired) electrons. The van der Waals surface area contributed by atoms with Crippen molar-refractivity contribution in [2.75, 3.05) is 40.0 Å². The molecule has 1 fully saturated rings. The quantitative estimate of drug-likeness (QED) is 0.389. The Bertz CT molecular complexity index is 551. The van der Waals surface area contributed by atoms with Crippen molar-refractivity contribution in [3.05, 3.63) is 34.1 Å². The van der Waals surface area contributed by atoms with Crippen LogP contribution in [-0.4, -0.2) is 46.0 Å². The number of nitrogens with zero attached hydrogens (tertiary/aromatic N) is 1. The van der Waals surface area contributed by atoms with Gasteiger partial charge in [0.25, 0.3) is 0 Å². The SMILES string of the molecule is CN=C(NCCCOCC1CCOCC1)NCc1cc(F)ccc1Br. The summed E-state index contributed by atoms with van der Waals surface area (Å²) in [7, 11) is 1.72. The highest BCUT2D eigenvalue weighted by molar-refractivity contribution is 9.10. The second kappa shape index (κ2) is 11.4. The number of guanidine groups is 1. The highest BCUT2D eigenvalue weighted by Crippen LogP contribution is 2.17. The first-order valence-corrected chi connectivity index (χ1v) is 9.52. The van der Waals surface area contributed by atoms with Gasteiger partial charge in [-0.2, -0.15) is 0 Å². The van der Waals surface area contributed by atoms with Gasteiger partial charge in [-0.3, -0.25) is 4.99 Å². The molecule has 1 aliphatic rings. The predicted octanol–water partition coefficient (Wildman–Crippen LogP) is 3.09. The van der Waals surface area contributed by atoms with Crippen molar-refractivity contribution < 1.29 is 13.9 Å². The van der Waals surface area contributed by atoms with Crippen LogP contribution in [-0.2, 0) is 16.0 Å². The molecule has 0 spiro atoms. The smallest absolute Gasteiger partial charge is 0.191 e. The van der Waals surface area contributed by atoms with Gasteiger partial charge in [0.1, 0.15) is 5.82 Å². The van der Waals surface area contributed by atoms with E-state index < -0.39 is 0 Å². The van der Waals surface area contributed by atoms with Gasteiger partial charge >= 0.3 is 0 Å². The molecule has 5 nitrogen and oxygen atoms in total. The first-order valence-electron chi connectivity index (χ1n) is 8.73. The highest BCUT2D eigenvalue weighted by Gasteiger charge is 2.13. The Morgan fingerprint density at radius 1 is 1.36 bits per heavy atom. The zero-order valence-corrected chi connectivity index (χ0v) is 16.3. The van der Waals surface area contributed by atoms with Crippen LogP contribution in [0.3, 0.4) is 0 Å². The van der Waals surface area contributed by atoms with Gasteiger partial charge in [0, 0.05) is 51.0 Å². The maximum absolute atomic E-state index is 13.3. The molecule has 1 saturated heterocycles. The van der Waals surface area contributed by atoms with Crippen LogP contribution in [0, 0.1) is 11.7 Å². The van der Waals surface area contributed by atoms with Crippen molar-refractivity contribution in [2.45, 2.75) is 25.8 Å². The van der Waals surface area contributed by atoms with Crippen LogP contribution in [0.5, 0.6) is 0 Å². The molecule has 1 aromatic rings. The maximum atomic E-state index is 13.3. The summed E-state index contributed by atoms with van der Waals surface area (Å²) in [5.74, 6) is 1.09. The Morgan fingerprint density at radius 3 is 2.92 bits per heavy atom. The van der Waals surface area contributed by atoms with Crippen LogP contribution in [0.4, 0.5) is 4.39 Å². The predicted molar refractivity (Wildman–Crippen MR) is 101 cm³/mol. The average Bonchev–Trinajstić information content (AvgIpc) is 2.64. The second-order valence-electron chi connectivity index (χ2n) is 6.07. The summed E-state index contributed by atoms with van der Waals surface area (Å²) >= 11 is 3.42. The normalized spacial score (nSPS) is 16.0. The lowest BCUT2D eigenvalue weighted by molar-refractivity contribution is 0.0203. The molecule has 1 aliphatic heterocycles. The Labute approximate surface area is 157 Å². The van der Waals surface area contributed by atoms with E-state index in [1.165, 1.54) is 12.1 Å². The molecule has 0 amide bonds. The molecule has 7 heteroatoms. The number of halogens is 2. The van der Waals surface area contributed by atoms with Gasteiger partial charge in [-0.05, 0) is 48.9 Å². The molecule has 0 aromatic heterocycles. The van der Waals surface area contributed by atoms with Gasteiger partial charge in [0.2, 0.25) is 0 Å². The molecule has 0 saturated carbocycles. The van der Waals surface area contributed by atoms with E-state index in [4.69, 9.17) is 9.47 Å². The van der Waals surface area contributed by atoms with E-state index in [1.54, 1.807) is 13.1 Å². The minimum atomic E-state index is -0.246. The molecule has 140 valence electrons. The fourth-order valence-electron chi connectivity index (χ4n) is 2.62. The molecule has 2 N–H and O–H groups in total. The molecular weight excluding hydrogens is 389 g/mol. The first kappa shape index (κ1) is 20.1. The number of ether oxygens (including phenoxy) is 2. The summed E-state index contributed by atoms with van der Waals surface area (Å²) in [6, 6.07) is 4.65. The first-order chi connectivity index (χ1) is 12.2. The summed E-state index contributed by atoms with van der Waals surface area (Å²) in [5, 5.41) is 6.43. The van der Waals surface area contributed by atoms with Crippen molar-refractivity contribution in [2.24, 2.45) is 10.9 Å². The summed E-state index contributed by atoms with van der Waals surface area (Å²) in [6.45, 7) is 4.55. The number of benzene rings is 1. The molecule has 0 bridgehead atoms. The lowest BCUT2D eigenvalue weighted by Crippen LogP contribution is -2.37. The van der Waals surface area contributed by atoms with E-state index in [1.807, 2.05) is 0 Å². The summed E-state index contributed by atoms with van der Waals surface area (Å²) in [6.07, 6.45) is 3.11. The monoisotopic (exact) mass is 415 g/mol. The summed E-state index contributed by atoms with van der Waals surface area (Å²) < 4.78 is 25.3. The Hall–Kier alpha value is -1.18. The summed E-state index contributed by atoms with van der Waals surface area (Å²) in [4.78, 5) is 4.18. The van der Waals surface area contributed by atoms with Crippen LogP contribution in [0.2, 0.25) is 0 Å². The number of nitrogens with one attached hydrogen (secondary N) is 2. The zero-order chi connectivity index (χ0) is 17.9. The van der Waals surface area contributed by atoms with Crippen LogP contribution < -0.4 is 10.6 Å². The van der Waals surface area contributed by atoms with Crippen molar-refractivity contribution in [1.82, 2.24) is 10.6 Å². The van der Waals surface area contributed by atoms with Gasteiger partial charge in [-0.25, -0.2) is 4.39 Å². The largest absolute Gasteiger partial charge is 0.381 e. The molecule has 0 unspecified atom stereocenters. The number of hydrogen-bond acceptors (Lipinski definition) is 3. The van der Waals surface area contributed by atoms with Crippen molar-refractivity contribution in [1.29, 1.82) is 0 Å². The van der Waals surface area contributed by atoms with Crippen LogP contribution in [0.25, 0.3) is 0 Å². The van der Waals surface area contributed by atoms with Gasteiger partial charge in [0.05, 0.1) is 0 Å². The van der Waals surface area contributed by atoms with Crippen molar-refractivity contribution >= 4 is 21.9 Å². The standard InChI is InChI=1S/C18H27BrFN3O2/c1-21-18(23-12-15-11-16(20)3-4-17(15)19)22-7-2-8-25-13-14-5-9-24-10-6-14/h3-4,11,14H,2,5-10,12-13H2,1H3,(H2,21,22,23). The van der Waals surface area contributed by atoms with Gasteiger partial charge < -0.3 is 20.1 Å². The van der Waals surface area contributed by atoms with Gasteiger partial charge in [-0.1, -0.05) is 15.9 Å². The molecule has 0 atom stereocenters. The van der Waals surface area contributed by atoms with Crippen LogP contribution in [0.15, 0.2) is 27.7 Å². The minimum Gasteiger partial charge on any atom is -0.381 e. The zero-order valence-electron chi connectivity index (χ0n) is 14.7. The lowest BCUT2D eigenvalue weighted by Gasteiger charge is -2.21. The van der Waals surface area contributed by atoms with Gasteiger partial charge in [-0.15, -0.1) is 0 Å². The molecular formula is C18H27BrFN3O2. The molecule has 1 aromatic carbocycles. The molecule has 0 aliphatic carbocycles. The topological polar surface area (TPSA) is 54.9 Å². The third-order valence-electron chi connectivity index (χ3n) is 4.13. The molecule has 25 heavy (non-hydrogen) atoms. The third-order valence-corrected chi connectivity index (χ3v) is 4.90. The van der Waals surface area contributed by atoms with E-state index in [0.29, 0.717) is 18.4 Å². The minimum absolute atomic E-state index is 0.246. The highest BCUT2D eigenvalue weighted by atomic mass is 79.9. The Balaban J connectivity index is 1.58. The lowest BCUT2D eigenvalue weighted by atomic mass is 10.0. The van der Waals surface area contributed by atoms with Crippen molar-refractivity contribution in [3.8, 4) is 0 Å². The van der Waals surface area contributed by atoms with E-state index >= 15 is 0 Å². The maximum Gasteiger partial charge on any atom is 0.191 e. The molecule has 1 heterocycles. The Kier molecular flexibility index (Phi) is 9.21. The number of rotatable bonds is 8. The molecule has 2 rings (SSSR count). The fraction of sp³-hybridized carbons (Fsp3) is 0.611. The number of hydrogen-bond donors (Lipinski definition) is 2. The number of aliphatic imine (C=N–C) groups is 1. The Morgan fingerprint density at radius 2 is 2.16 bits per heavy atom. The van der Waals surface area contributed by atoms with Crippen molar-refractivity contribution in [3.63, 3.8) is 0 Å². The third kappa shape index (κ3) is 7.71. The van der Waals surface area contributed by atoms with Crippen LogP contribution >= 0.6 is 15.9 Å². The van der Waals surface area contributed by atoms with E-state index in [0.717, 1.165) is 62.3 Å². The van der Waals surface area contributed by atoms with E-state index in [-0.39, 0.29) is 5.82 Å². The van der Waals surface area contributed by atoms with Crippen LogP contribution in [0.1, 0.15) is 24.8 Å². The van der Waals surface area contributed by atoms with Gasteiger partial charge in [0.15, 0.2) is 5.96 Å². The van der Waals surface area contributed by atoms with E-state index in [2.05, 4.69) is 31.6 Å².